The number of rotatable bonds is 6. The molecular weight excluding hydrogens is 496 g/mol. The first-order valence-corrected chi connectivity index (χ1v) is 14.7. The molecule has 2 aromatic carbocycles. The Balaban J connectivity index is 1.06. The van der Waals surface area contributed by atoms with E-state index in [2.05, 4.69) is 76.0 Å². The molecule has 2 spiro atoms. The van der Waals surface area contributed by atoms with Gasteiger partial charge in [0.15, 0.2) is 0 Å². The molecule has 2 saturated carbocycles. The van der Waals surface area contributed by atoms with Crippen molar-refractivity contribution in [1.29, 1.82) is 0 Å². The summed E-state index contributed by atoms with van der Waals surface area (Å²) in [6.45, 7) is 8.89. The molecule has 2 N–H and O–H groups in total. The van der Waals surface area contributed by atoms with Crippen molar-refractivity contribution in [3.05, 3.63) is 100 Å². The Morgan fingerprint density at radius 3 is 2.35 bits per heavy atom. The minimum atomic E-state index is -0.119. The van der Waals surface area contributed by atoms with Crippen LogP contribution in [0, 0.1) is 12.3 Å². The van der Waals surface area contributed by atoms with Crippen molar-refractivity contribution >= 4 is 17.2 Å². The van der Waals surface area contributed by atoms with Crippen molar-refractivity contribution in [3.8, 4) is 0 Å². The number of anilines is 1. The maximum atomic E-state index is 13.2. The number of allylic oxidation sites excluding steroid dienone is 1. The average Bonchev–Trinajstić information content (AvgIpc) is 3.68. The highest BCUT2D eigenvalue weighted by atomic mass is 16.5. The molecule has 6 nitrogen and oxygen atoms in total. The summed E-state index contributed by atoms with van der Waals surface area (Å²) in [5, 5.41) is 6.64. The number of aryl methyl sites for hydroxylation is 1. The summed E-state index contributed by atoms with van der Waals surface area (Å²) >= 11 is 0. The number of ether oxygens (including phenoxy) is 1. The standard InChI is InChI=1S/C34H38N4O2/c1-23-3-5-26(6-4-23)31(29-16-33(17-29)20-36-21-33)27-9-7-25(8-10-27)24(2)37-32(39)28-15-30(19-35-18-28)38-13-14-40-34(22-38)11-12-34/h3-10,15,18-19,24,36H,11-14,16-17,20-22H2,1-2H3,(H,37,39)/t24-/m1/s1. The van der Waals surface area contributed by atoms with E-state index in [1.807, 2.05) is 19.2 Å². The monoisotopic (exact) mass is 534 g/mol. The second-order valence-corrected chi connectivity index (χ2v) is 12.5. The zero-order valence-corrected chi connectivity index (χ0v) is 23.5. The van der Waals surface area contributed by atoms with Gasteiger partial charge in [0.2, 0.25) is 0 Å². The lowest BCUT2D eigenvalue weighted by atomic mass is 9.60. The van der Waals surface area contributed by atoms with Crippen molar-refractivity contribution in [2.75, 3.05) is 37.7 Å². The summed E-state index contributed by atoms with van der Waals surface area (Å²) in [7, 11) is 0. The van der Waals surface area contributed by atoms with Crippen LogP contribution in [0.1, 0.15) is 71.3 Å². The number of pyridine rings is 1. The number of carbonyl (C=O) groups excluding carboxylic acids is 1. The lowest BCUT2D eigenvalue weighted by Gasteiger charge is -2.52. The number of hydrogen-bond donors (Lipinski definition) is 2. The van der Waals surface area contributed by atoms with Crippen LogP contribution in [0.5, 0.6) is 0 Å². The molecule has 0 unspecified atom stereocenters. The highest BCUT2D eigenvalue weighted by molar-refractivity contribution is 5.95. The second kappa shape index (κ2) is 9.86. The number of aromatic nitrogens is 1. The predicted octanol–water partition coefficient (Wildman–Crippen LogP) is 5.44. The van der Waals surface area contributed by atoms with Gasteiger partial charge in [0.25, 0.3) is 5.91 Å². The van der Waals surface area contributed by atoms with Crippen LogP contribution < -0.4 is 15.5 Å². The minimum Gasteiger partial charge on any atom is -0.371 e. The van der Waals surface area contributed by atoms with E-state index in [4.69, 9.17) is 4.74 Å². The van der Waals surface area contributed by atoms with Crippen LogP contribution >= 0.6 is 0 Å². The topological polar surface area (TPSA) is 66.5 Å². The third-order valence-electron chi connectivity index (χ3n) is 9.32. The van der Waals surface area contributed by atoms with Crippen LogP contribution in [0.15, 0.2) is 72.6 Å². The molecule has 40 heavy (non-hydrogen) atoms. The fourth-order valence-electron chi connectivity index (χ4n) is 6.59. The van der Waals surface area contributed by atoms with E-state index in [-0.39, 0.29) is 17.6 Å². The summed E-state index contributed by atoms with van der Waals surface area (Å²) in [5.41, 5.74) is 9.93. The van der Waals surface area contributed by atoms with Gasteiger partial charge in [-0.1, -0.05) is 59.7 Å². The Kier molecular flexibility index (Phi) is 6.28. The number of amides is 1. The molecule has 206 valence electrons. The lowest BCUT2D eigenvalue weighted by molar-refractivity contribution is 0.0206. The Morgan fingerprint density at radius 2 is 1.70 bits per heavy atom. The molecule has 7 rings (SSSR count). The quantitative estimate of drug-likeness (QED) is 0.441. The van der Waals surface area contributed by atoms with Gasteiger partial charge in [-0.25, -0.2) is 0 Å². The molecule has 4 aliphatic rings. The zero-order chi connectivity index (χ0) is 27.3. The molecule has 2 saturated heterocycles. The highest BCUT2D eigenvalue weighted by Crippen LogP contribution is 2.52. The summed E-state index contributed by atoms with van der Waals surface area (Å²) in [6, 6.07) is 19.5. The second-order valence-electron chi connectivity index (χ2n) is 12.5. The van der Waals surface area contributed by atoms with Gasteiger partial charge in [-0.3, -0.25) is 9.78 Å². The first-order valence-electron chi connectivity index (χ1n) is 14.7. The van der Waals surface area contributed by atoms with E-state index >= 15 is 0 Å². The van der Waals surface area contributed by atoms with Gasteiger partial charge < -0.3 is 20.3 Å². The summed E-state index contributed by atoms with van der Waals surface area (Å²) in [5.74, 6) is -0.100. The molecular formula is C34H38N4O2. The molecule has 1 aromatic heterocycles. The summed E-state index contributed by atoms with van der Waals surface area (Å²) < 4.78 is 5.95. The average molecular weight is 535 g/mol. The third kappa shape index (κ3) is 4.84. The SMILES string of the molecule is Cc1ccc(C(=C2CC3(CNC3)C2)c2ccc([C@@H](C)NC(=O)c3cncc(N4CCOC5(CC5)C4)c3)cc2)cc1. The Labute approximate surface area is 236 Å². The van der Waals surface area contributed by atoms with Gasteiger partial charge in [0, 0.05) is 37.8 Å². The van der Waals surface area contributed by atoms with E-state index in [1.54, 1.807) is 11.8 Å². The number of nitrogens with zero attached hydrogens (tertiary/aromatic N) is 2. The predicted molar refractivity (Wildman–Crippen MR) is 158 cm³/mol. The molecule has 2 aliphatic heterocycles. The third-order valence-corrected chi connectivity index (χ3v) is 9.32. The molecule has 6 heteroatoms. The van der Waals surface area contributed by atoms with Crippen LogP contribution in [0.4, 0.5) is 5.69 Å². The molecule has 0 radical (unpaired) electrons. The van der Waals surface area contributed by atoms with E-state index in [1.165, 1.54) is 35.1 Å². The van der Waals surface area contributed by atoms with Crippen LogP contribution in [0.2, 0.25) is 0 Å². The molecule has 2 aliphatic carbocycles. The maximum Gasteiger partial charge on any atom is 0.253 e. The van der Waals surface area contributed by atoms with Crippen LogP contribution in [0.3, 0.4) is 0 Å². The Hall–Kier alpha value is -3.48. The number of carbonyl (C=O) groups is 1. The minimum absolute atomic E-state index is 0.0287. The largest absolute Gasteiger partial charge is 0.371 e. The number of morpholine rings is 1. The van der Waals surface area contributed by atoms with E-state index in [0.29, 0.717) is 11.0 Å². The highest BCUT2D eigenvalue weighted by Gasteiger charge is 2.48. The number of hydrogen-bond acceptors (Lipinski definition) is 5. The molecule has 1 atom stereocenters. The molecule has 3 heterocycles. The van der Waals surface area contributed by atoms with Gasteiger partial charge in [0.1, 0.15) is 0 Å². The van der Waals surface area contributed by atoms with Gasteiger partial charge in [-0.15, -0.1) is 0 Å². The smallest absolute Gasteiger partial charge is 0.253 e. The van der Waals surface area contributed by atoms with Gasteiger partial charge >= 0.3 is 0 Å². The fraction of sp³-hybridized carbons (Fsp3) is 0.412. The zero-order valence-electron chi connectivity index (χ0n) is 23.5. The maximum absolute atomic E-state index is 13.2. The molecule has 1 amide bonds. The molecule has 0 bridgehead atoms. The Bertz CT molecular complexity index is 1440. The van der Waals surface area contributed by atoms with E-state index in [9.17, 15) is 4.79 Å². The van der Waals surface area contributed by atoms with Crippen molar-refractivity contribution in [2.24, 2.45) is 5.41 Å². The number of nitrogens with one attached hydrogen (secondary N) is 2. The van der Waals surface area contributed by atoms with Crippen molar-refractivity contribution in [3.63, 3.8) is 0 Å². The van der Waals surface area contributed by atoms with Crippen LogP contribution in [0.25, 0.3) is 5.57 Å². The first-order chi connectivity index (χ1) is 19.4. The van der Waals surface area contributed by atoms with Crippen molar-refractivity contribution in [1.82, 2.24) is 15.6 Å². The normalized spacial score (nSPS) is 20.9. The van der Waals surface area contributed by atoms with Crippen molar-refractivity contribution < 1.29 is 9.53 Å². The molecule has 4 fully saturated rings. The molecule has 3 aromatic rings. The summed E-state index contributed by atoms with van der Waals surface area (Å²) in [6.07, 6.45) is 8.10. The van der Waals surface area contributed by atoms with Gasteiger partial charge in [0.05, 0.1) is 35.7 Å². The van der Waals surface area contributed by atoms with E-state index < -0.39 is 0 Å². The summed E-state index contributed by atoms with van der Waals surface area (Å²) in [4.78, 5) is 19.9. The van der Waals surface area contributed by atoms with Crippen LogP contribution in [-0.4, -0.2) is 49.3 Å². The van der Waals surface area contributed by atoms with Crippen molar-refractivity contribution in [2.45, 2.75) is 51.2 Å². The van der Waals surface area contributed by atoms with Crippen LogP contribution in [-0.2, 0) is 4.74 Å². The number of benzene rings is 2. The van der Waals surface area contributed by atoms with Gasteiger partial charge in [-0.05, 0) is 67.9 Å². The first kappa shape index (κ1) is 25.5. The van der Waals surface area contributed by atoms with E-state index in [0.717, 1.165) is 56.9 Å². The van der Waals surface area contributed by atoms with Gasteiger partial charge in [-0.2, -0.15) is 0 Å². The Morgan fingerprint density at radius 1 is 1.00 bits per heavy atom. The fourth-order valence-corrected chi connectivity index (χ4v) is 6.59. The lowest BCUT2D eigenvalue weighted by Crippen LogP contribution is -2.58.